The Morgan fingerprint density at radius 1 is 1.43 bits per heavy atom. The number of aromatic nitrogens is 5. The van der Waals surface area contributed by atoms with Gasteiger partial charge in [0, 0.05) is 18.6 Å². The predicted octanol–water partition coefficient (Wildman–Crippen LogP) is 2.65. The van der Waals surface area contributed by atoms with E-state index in [0.717, 1.165) is 11.8 Å². The zero-order chi connectivity index (χ0) is 20.9. The van der Waals surface area contributed by atoms with Gasteiger partial charge in [-0.15, -0.1) is 0 Å². The molecule has 4 aromatic rings. The van der Waals surface area contributed by atoms with E-state index in [2.05, 4.69) is 25.4 Å². The number of carbonyl (C=O) groups is 1. The molecule has 1 amide bonds. The minimum Gasteiger partial charge on any atom is -0.406 e. The Bertz CT molecular complexity index is 1270. The summed E-state index contributed by atoms with van der Waals surface area (Å²) >= 11 is 0. The van der Waals surface area contributed by atoms with E-state index in [4.69, 9.17) is 4.74 Å². The lowest BCUT2D eigenvalue weighted by atomic mass is 9.77. The third kappa shape index (κ3) is 2.96. The summed E-state index contributed by atoms with van der Waals surface area (Å²) in [6.45, 7) is -0.132. The first kappa shape index (κ1) is 18.5. The molecule has 0 radical (unpaired) electrons. The minimum absolute atomic E-state index is 0.132. The first-order chi connectivity index (χ1) is 14.5. The lowest BCUT2D eigenvalue weighted by Crippen LogP contribution is -2.56. The van der Waals surface area contributed by atoms with Crippen molar-refractivity contribution in [2.75, 3.05) is 6.61 Å². The second-order valence-electron chi connectivity index (χ2n) is 7.55. The molecule has 3 heterocycles. The van der Waals surface area contributed by atoms with E-state index in [9.17, 15) is 14.3 Å². The molecule has 1 aliphatic rings. The van der Waals surface area contributed by atoms with Gasteiger partial charge in [-0.2, -0.15) is 5.10 Å². The third-order valence-electron chi connectivity index (χ3n) is 5.59. The molecule has 1 saturated carbocycles. The van der Waals surface area contributed by atoms with Gasteiger partial charge in [-0.1, -0.05) is 0 Å². The van der Waals surface area contributed by atoms with E-state index in [1.807, 2.05) is 0 Å². The van der Waals surface area contributed by atoms with Crippen LogP contribution in [0.2, 0.25) is 0 Å². The number of aromatic amines is 1. The molecule has 3 aromatic heterocycles. The molecule has 0 saturated heterocycles. The summed E-state index contributed by atoms with van der Waals surface area (Å²) in [6.07, 6.45) is 4.78. The number of nitrogens with zero attached hydrogens (tertiary/aromatic N) is 4. The second-order valence-corrected chi connectivity index (χ2v) is 7.55. The first-order valence-electron chi connectivity index (χ1n) is 9.56. The quantitative estimate of drug-likeness (QED) is 0.476. The molecule has 0 atom stereocenters. The van der Waals surface area contributed by atoms with Crippen LogP contribution in [0.15, 0.2) is 30.6 Å². The summed E-state index contributed by atoms with van der Waals surface area (Å²) in [7, 11) is 1.73. The molecule has 0 spiro atoms. The predicted molar refractivity (Wildman–Crippen MR) is 106 cm³/mol. The summed E-state index contributed by atoms with van der Waals surface area (Å²) < 4.78 is 20.6. The van der Waals surface area contributed by atoms with Crippen molar-refractivity contribution in [2.45, 2.75) is 24.8 Å². The SMILES string of the molecule is Cn1nc(-c2cnc3[nH]cc(OC(=O)NC4(CO)CCC4)c3n2)c2ccc(F)cc21. The highest BCUT2D eigenvalue weighted by atomic mass is 19.1. The van der Waals surface area contributed by atoms with Crippen molar-refractivity contribution in [2.24, 2.45) is 7.05 Å². The van der Waals surface area contributed by atoms with Crippen molar-refractivity contribution in [3.63, 3.8) is 0 Å². The van der Waals surface area contributed by atoms with E-state index in [1.54, 1.807) is 24.0 Å². The summed E-state index contributed by atoms with van der Waals surface area (Å²) in [4.78, 5) is 24.2. The topological polar surface area (TPSA) is 118 Å². The van der Waals surface area contributed by atoms with E-state index in [1.165, 1.54) is 18.3 Å². The molecule has 1 aliphatic carbocycles. The van der Waals surface area contributed by atoms with Crippen molar-refractivity contribution < 1.29 is 19.0 Å². The maximum Gasteiger partial charge on any atom is 0.413 e. The molecule has 10 heteroatoms. The highest BCUT2D eigenvalue weighted by Gasteiger charge is 2.38. The van der Waals surface area contributed by atoms with Crippen LogP contribution in [-0.4, -0.2) is 48.1 Å². The second kappa shape index (κ2) is 6.77. The van der Waals surface area contributed by atoms with Gasteiger partial charge in [0.1, 0.15) is 17.2 Å². The van der Waals surface area contributed by atoms with Crippen molar-refractivity contribution in [1.29, 1.82) is 0 Å². The molecule has 9 nitrogen and oxygen atoms in total. The zero-order valence-electron chi connectivity index (χ0n) is 16.1. The fraction of sp³-hybridized carbons (Fsp3) is 0.300. The lowest BCUT2D eigenvalue weighted by Gasteiger charge is -2.40. The molecular formula is C20H19FN6O3. The third-order valence-corrected chi connectivity index (χ3v) is 5.59. The monoisotopic (exact) mass is 410 g/mol. The largest absolute Gasteiger partial charge is 0.413 e. The van der Waals surface area contributed by atoms with Gasteiger partial charge >= 0.3 is 6.09 Å². The number of hydrogen-bond acceptors (Lipinski definition) is 6. The summed E-state index contributed by atoms with van der Waals surface area (Å²) in [6, 6.07) is 4.42. The highest BCUT2D eigenvalue weighted by molar-refractivity contribution is 5.93. The molecule has 1 fully saturated rings. The van der Waals surface area contributed by atoms with Crippen molar-refractivity contribution in [1.82, 2.24) is 30.0 Å². The number of amides is 1. The van der Waals surface area contributed by atoms with Crippen LogP contribution in [0.3, 0.4) is 0 Å². The Morgan fingerprint density at radius 3 is 3.00 bits per heavy atom. The standard InChI is InChI=1S/C20H19FN6O3/c1-27-14-7-11(21)3-4-12(14)16(26-27)13-8-22-18-17(24-13)15(9-23-18)30-19(29)25-20(10-28)5-2-6-20/h3-4,7-9,28H,2,5-6,10H2,1H3,(H,22,23)(H,25,29). The van der Waals surface area contributed by atoms with Crippen molar-refractivity contribution in [3.8, 4) is 17.1 Å². The van der Waals surface area contributed by atoms with Crippen LogP contribution in [0, 0.1) is 5.82 Å². The van der Waals surface area contributed by atoms with Crippen LogP contribution in [0.5, 0.6) is 5.75 Å². The van der Waals surface area contributed by atoms with Crippen LogP contribution in [-0.2, 0) is 7.05 Å². The fourth-order valence-corrected chi connectivity index (χ4v) is 3.75. The summed E-state index contributed by atoms with van der Waals surface area (Å²) in [5.74, 6) is -0.131. The molecule has 154 valence electrons. The Hall–Kier alpha value is -3.53. The van der Waals surface area contributed by atoms with Gasteiger partial charge in [-0.05, 0) is 37.5 Å². The molecule has 0 unspecified atom stereocenters. The van der Waals surface area contributed by atoms with Gasteiger partial charge in [0.15, 0.2) is 16.9 Å². The summed E-state index contributed by atoms with van der Waals surface area (Å²) in [5.41, 5.74) is 1.86. The van der Waals surface area contributed by atoms with Gasteiger partial charge in [0.25, 0.3) is 0 Å². The zero-order valence-corrected chi connectivity index (χ0v) is 16.1. The number of carbonyl (C=O) groups excluding carboxylic acids is 1. The number of nitrogens with one attached hydrogen (secondary N) is 2. The van der Waals surface area contributed by atoms with Gasteiger partial charge in [-0.25, -0.2) is 19.2 Å². The molecular weight excluding hydrogens is 391 g/mol. The number of H-pyrrole nitrogens is 1. The van der Waals surface area contributed by atoms with E-state index >= 15 is 0 Å². The average Bonchev–Trinajstić information content (AvgIpc) is 3.25. The number of ether oxygens (including phenoxy) is 1. The minimum atomic E-state index is -0.657. The molecule has 0 aliphatic heterocycles. The van der Waals surface area contributed by atoms with Crippen LogP contribution >= 0.6 is 0 Å². The number of aliphatic hydroxyl groups is 1. The number of aliphatic hydroxyl groups excluding tert-OH is 1. The lowest BCUT2D eigenvalue weighted by molar-refractivity contribution is 0.0863. The van der Waals surface area contributed by atoms with Crippen molar-refractivity contribution >= 4 is 28.2 Å². The Morgan fingerprint density at radius 2 is 2.27 bits per heavy atom. The van der Waals surface area contributed by atoms with Crippen LogP contribution in [0.1, 0.15) is 19.3 Å². The average molecular weight is 410 g/mol. The maximum atomic E-state index is 13.6. The van der Waals surface area contributed by atoms with E-state index in [0.29, 0.717) is 40.9 Å². The number of halogens is 1. The summed E-state index contributed by atoms with van der Waals surface area (Å²) in [5, 5.41) is 17.4. The highest BCUT2D eigenvalue weighted by Crippen LogP contribution is 2.32. The Kier molecular flexibility index (Phi) is 4.17. The molecule has 5 rings (SSSR count). The number of fused-ring (bicyclic) bond motifs is 2. The Labute approximate surface area is 169 Å². The van der Waals surface area contributed by atoms with Gasteiger partial charge < -0.3 is 20.1 Å². The van der Waals surface area contributed by atoms with Gasteiger partial charge in [0.2, 0.25) is 0 Å². The number of rotatable bonds is 4. The molecule has 1 aromatic carbocycles. The van der Waals surface area contributed by atoms with Crippen LogP contribution in [0.25, 0.3) is 33.5 Å². The number of benzene rings is 1. The smallest absolute Gasteiger partial charge is 0.406 e. The van der Waals surface area contributed by atoms with E-state index in [-0.39, 0.29) is 18.2 Å². The molecule has 30 heavy (non-hydrogen) atoms. The number of aryl methyl sites for hydroxylation is 1. The normalized spacial score (nSPS) is 15.3. The number of hydrogen-bond donors (Lipinski definition) is 3. The molecule has 0 bridgehead atoms. The maximum absolute atomic E-state index is 13.6. The first-order valence-corrected chi connectivity index (χ1v) is 9.56. The fourth-order valence-electron chi connectivity index (χ4n) is 3.75. The van der Waals surface area contributed by atoms with E-state index < -0.39 is 11.6 Å². The molecule has 3 N–H and O–H groups in total. The van der Waals surface area contributed by atoms with Gasteiger partial charge in [0.05, 0.1) is 23.9 Å². The van der Waals surface area contributed by atoms with Crippen LogP contribution in [0.4, 0.5) is 9.18 Å². The van der Waals surface area contributed by atoms with Crippen molar-refractivity contribution in [3.05, 3.63) is 36.4 Å². The van der Waals surface area contributed by atoms with Gasteiger partial charge in [-0.3, -0.25) is 4.68 Å². The Balaban J connectivity index is 1.49. The van der Waals surface area contributed by atoms with Crippen LogP contribution < -0.4 is 10.1 Å².